The second-order valence-corrected chi connectivity index (χ2v) is 6.18. The fourth-order valence-electron chi connectivity index (χ4n) is 2.47. The highest BCUT2D eigenvalue weighted by atomic mass is 35.5. The summed E-state index contributed by atoms with van der Waals surface area (Å²) < 4.78 is 0. The molecule has 0 amide bonds. The summed E-state index contributed by atoms with van der Waals surface area (Å²) in [6.07, 6.45) is 7.41. The van der Waals surface area contributed by atoms with Crippen LogP contribution in [0.2, 0.25) is 5.15 Å². The van der Waals surface area contributed by atoms with E-state index in [9.17, 15) is 0 Å². The van der Waals surface area contributed by atoms with Crippen LogP contribution in [0.5, 0.6) is 0 Å². The summed E-state index contributed by atoms with van der Waals surface area (Å²) in [5, 5.41) is 4.13. The molecule has 0 atom stereocenters. The lowest BCUT2D eigenvalue weighted by molar-refractivity contribution is 0.156. The molecule has 1 aromatic rings. The van der Waals surface area contributed by atoms with Crippen molar-refractivity contribution in [3.8, 4) is 0 Å². The van der Waals surface area contributed by atoms with Gasteiger partial charge in [0.1, 0.15) is 5.82 Å². The van der Waals surface area contributed by atoms with E-state index >= 15 is 0 Å². The first-order chi connectivity index (χ1) is 8.63. The van der Waals surface area contributed by atoms with Gasteiger partial charge in [-0.3, -0.25) is 0 Å². The summed E-state index contributed by atoms with van der Waals surface area (Å²) in [5.74, 6) is 1.02. The summed E-state index contributed by atoms with van der Waals surface area (Å²) in [7, 11) is 0. The molecule has 1 aromatic heterocycles. The number of imidazole rings is 1. The topological polar surface area (TPSA) is 40.7 Å². The first kappa shape index (κ1) is 13.9. The number of hydrogen-bond acceptors (Lipinski definition) is 2. The van der Waals surface area contributed by atoms with Crippen LogP contribution < -0.4 is 5.32 Å². The quantitative estimate of drug-likeness (QED) is 0.793. The second-order valence-electron chi connectivity index (χ2n) is 5.82. The molecule has 3 nitrogen and oxygen atoms in total. The van der Waals surface area contributed by atoms with E-state index in [-0.39, 0.29) is 0 Å². The monoisotopic (exact) mass is 269 g/mol. The lowest BCUT2D eigenvalue weighted by atomic mass is 9.70. The maximum absolute atomic E-state index is 6.14. The summed E-state index contributed by atoms with van der Waals surface area (Å²) >= 11 is 6.14. The molecule has 2 rings (SSSR count). The van der Waals surface area contributed by atoms with Crippen LogP contribution in [0, 0.1) is 5.41 Å². The van der Waals surface area contributed by atoms with Gasteiger partial charge in [-0.05, 0) is 24.7 Å². The molecular weight excluding hydrogens is 246 g/mol. The number of nitrogens with one attached hydrogen (secondary N) is 2. The van der Waals surface area contributed by atoms with Gasteiger partial charge in [0.15, 0.2) is 5.15 Å². The minimum absolute atomic E-state index is 0.511. The van der Waals surface area contributed by atoms with Gasteiger partial charge in [-0.1, -0.05) is 38.3 Å². The Morgan fingerprint density at radius 1 is 1.44 bits per heavy atom. The van der Waals surface area contributed by atoms with Gasteiger partial charge in [-0.25, -0.2) is 4.98 Å². The minimum atomic E-state index is 0.511. The number of unbranched alkanes of at least 4 members (excludes halogenated alkanes) is 1. The third kappa shape index (κ3) is 3.48. The normalized spacial score (nSPS) is 17.7. The summed E-state index contributed by atoms with van der Waals surface area (Å²) in [6.45, 7) is 6.41. The van der Waals surface area contributed by atoms with Crippen molar-refractivity contribution in [3.05, 3.63) is 16.7 Å². The summed E-state index contributed by atoms with van der Waals surface area (Å²) in [4.78, 5) is 7.70. The highest BCUT2D eigenvalue weighted by molar-refractivity contribution is 6.30. The van der Waals surface area contributed by atoms with Gasteiger partial charge in [-0.2, -0.15) is 0 Å². The molecule has 0 unspecified atom stereocenters. The average Bonchev–Trinajstić information content (AvgIpc) is 2.65. The number of rotatable bonds is 7. The molecule has 1 heterocycles. The lowest BCUT2D eigenvalue weighted by Crippen LogP contribution is -2.37. The molecule has 0 radical (unpaired) electrons. The van der Waals surface area contributed by atoms with Gasteiger partial charge in [0.05, 0.1) is 5.69 Å². The SMILES string of the molecule is CCCCc1nc(Cl)c(CNCC2(C)CCC2)[nH]1. The number of aryl methyl sites for hydroxylation is 1. The Kier molecular flexibility index (Phi) is 4.68. The Morgan fingerprint density at radius 2 is 2.22 bits per heavy atom. The van der Waals surface area contributed by atoms with Crippen LogP contribution >= 0.6 is 11.6 Å². The zero-order chi connectivity index (χ0) is 13.0. The van der Waals surface area contributed by atoms with Gasteiger partial charge >= 0.3 is 0 Å². The van der Waals surface area contributed by atoms with Crippen molar-refractivity contribution in [1.29, 1.82) is 0 Å². The van der Waals surface area contributed by atoms with Crippen LogP contribution in [0.3, 0.4) is 0 Å². The van der Waals surface area contributed by atoms with Crippen LogP contribution in [0.15, 0.2) is 0 Å². The molecule has 0 spiro atoms. The van der Waals surface area contributed by atoms with E-state index in [2.05, 4.69) is 29.1 Å². The van der Waals surface area contributed by atoms with E-state index in [0.29, 0.717) is 10.6 Å². The van der Waals surface area contributed by atoms with Gasteiger partial charge in [0.25, 0.3) is 0 Å². The van der Waals surface area contributed by atoms with E-state index < -0.39 is 0 Å². The Bertz CT molecular complexity index is 382. The Morgan fingerprint density at radius 3 is 2.83 bits per heavy atom. The Labute approximate surface area is 115 Å². The Hall–Kier alpha value is -0.540. The molecule has 1 fully saturated rings. The third-order valence-corrected chi connectivity index (χ3v) is 4.27. The maximum Gasteiger partial charge on any atom is 0.151 e. The van der Waals surface area contributed by atoms with Crippen molar-refractivity contribution in [2.45, 2.75) is 58.9 Å². The van der Waals surface area contributed by atoms with Gasteiger partial charge in [-0.15, -0.1) is 0 Å². The van der Waals surface area contributed by atoms with Crippen molar-refractivity contribution >= 4 is 11.6 Å². The molecule has 102 valence electrons. The fraction of sp³-hybridized carbons (Fsp3) is 0.786. The van der Waals surface area contributed by atoms with Gasteiger partial charge < -0.3 is 10.3 Å². The molecular formula is C14H24ClN3. The number of hydrogen-bond donors (Lipinski definition) is 2. The smallest absolute Gasteiger partial charge is 0.151 e. The van der Waals surface area contributed by atoms with Crippen molar-refractivity contribution in [1.82, 2.24) is 15.3 Å². The molecule has 0 saturated heterocycles. The number of H-pyrrole nitrogens is 1. The molecule has 1 saturated carbocycles. The molecule has 2 N–H and O–H groups in total. The zero-order valence-electron chi connectivity index (χ0n) is 11.5. The first-order valence-electron chi connectivity index (χ1n) is 7.07. The second kappa shape index (κ2) is 6.07. The van der Waals surface area contributed by atoms with Crippen LogP contribution in [0.1, 0.15) is 57.5 Å². The highest BCUT2D eigenvalue weighted by Crippen LogP contribution is 2.39. The molecule has 0 aliphatic heterocycles. The first-order valence-corrected chi connectivity index (χ1v) is 7.45. The van der Waals surface area contributed by atoms with Gasteiger partial charge in [0.2, 0.25) is 0 Å². The van der Waals surface area contributed by atoms with E-state index in [1.165, 1.54) is 25.7 Å². The summed E-state index contributed by atoms with van der Waals surface area (Å²) in [5.41, 5.74) is 1.54. The minimum Gasteiger partial charge on any atom is -0.344 e. The standard InChI is InChI=1S/C14H24ClN3/c1-3-4-6-12-17-11(13(15)18-12)9-16-10-14(2)7-5-8-14/h16H,3-10H2,1-2H3,(H,17,18). The van der Waals surface area contributed by atoms with Gasteiger partial charge in [0, 0.05) is 19.5 Å². The van der Waals surface area contributed by atoms with Crippen molar-refractivity contribution in [3.63, 3.8) is 0 Å². The van der Waals surface area contributed by atoms with Crippen molar-refractivity contribution in [2.24, 2.45) is 5.41 Å². The highest BCUT2D eigenvalue weighted by Gasteiger charge is 2.30. The number of nitrogens with zero attached hydrogens (tertiary/aromatic N) is 1. The van der Waals surface area contributed by atoms with E-state index in [1.54, 1.807) is 0 Å². The van der Waals surface area contributed by atoms with Crippen molar-refractivity contribution < 1.29 is 0 Å². The lowest BCUT2D eigenvalue weighted by Gasteiger charge is -2.38. The van der Waals surface area contributed by atoms with Crippen LogP contribution in [0.25, 0.3) is 0 Å². The van der Waals surface area contributed by atoms with Crippen LogP contribution in [-0.2, 0) is 13.0 Å². The predicted molar refractivity (Wildman–Crippen MR) is 75.9 cm³/mol. The summed E-state index contributed by atoms with van der Waals surface area (Å²) in [6, 6.07) is 0. The number of aromatic amines is 1. The molecule has 0 aromatic carbocycles. The fourth-order valence-corrected chi connectivity index (χ4v) is 2.68. The molecule has 1 aliphatic carbocycles. The average molecular weight is 270 g/mol. The van der Waals surface area contributed by atoms with Crippen LogP contribution in [0.4, 0.5) is 0 Å². The molecule has 0 bridgehead atoms. The largest absolute Gasteiger partial charge is 0.344 e. The van der Waals surface area contributed by atoms with E-state index in [0.717, 1.165) is 37.4 Å². The number of halogens is 1. The molecule has 18 heavy (non-hydrogen) atoms. The Balaban J connectivity index is 1.79. The molecule has 4 heteroatoms. The van der Waals surface area contributed by atoms with Crippen molar-refractivity contribution in [2.75, 3.05) is 6.54 Å². The predicted octanol–water partition coefficient (Wildman–Crippen LogP) is 3.69. The third-order valence-electron chi connectivity index (χ3n) is 3.96. The van der Waals surface area contributed by atoms with E-state index in [1.807, 2.05) is 0 Å². The zero-order valence-corrected chi connectivity index (χ0v) is 12.2. The maximum atomic E-state index is 6.14. The molecule has 1 aliphatic rings. The van der Waals surface area contributed by atoms with E-state index in [4.69, 9.17) is 11.6 Å². The van der Waals surface area contributed by atoms with Crippen LogP contribution in [-0.4, -0.2) is 16.5 Å². The number of aromatic nitrogens is 2.